The van der Waals surface area contributed by atoms with Crippen LogP contribution in [0.5, 0.6) is 0 Å². The molecule has 1 amide bonds. The summed E-state index contributed by atoms with van der Waals surface area (Å²) in [5, 5.41) is 3.62. The minimum absolute atomic E-state index is 0.0170. The highest BCUT2D eigenvalue weighted by molar-refractivity contribution is 6.32. The molecule has 1 aromatic carbocycles. The van der Waals surface area contributed by atoms with Crippen LogP contribution in [0.2, 0.25) is 0 Å². The Morgan fingerprint density at radius 1 is 1.24 bits per heavy atom. The summed E-state index contributed by atoms with van der Waals surface area (Å²) in [4.78, 5) is 15.0. The number of amides is 1. The Bertz CT molecular complexity index is 937. The zero-order valence-corrected chi connectivity index (χ0v) is 22.0. The number of anilines is 1. The molecule has 0 saturated carbocycles. The molecule has 5 N–H and O–H groups in total. The number of rotatable bonds is 13. The van der Waals surface area contributed by atoms with Gasteiger partial charge in [-0.15, -0.1) is 0 Å². The number of nitrogens with one attached hydrogen (secondary N) is 1. The van der Waals surface area contributed by atoms with Crippen molar-refractivity contribution >= 4 is 28.9 Å². The van der Waals surface area contributed by atoms with Gasteiger partial charge in [-0.2, -0.15) is 0 Å². The molecule has 0 spiro atoms. The highest BCUT2D eigenvalue weighted by atomic mass is 35.5. The molecular formula is C28H41ClN4O. The van der Waals surface area contributed by atoms with E-state index < -0.39 is 0 Å². The van der Waals surface area contributed by atoms with Gasteiger partial charge < -0.3 is 21.7 Å². The van der Waals surface area contributed by atoms with Gasteiger partial charge in [-0.05, 0) is 64.7 Å². The number of nitrogens with zero attached hydrogens (tertiary/aromatic N) is 1. The van der Waals surface area contributed by atoms with Gasteiger partial charge >= 0.3 is 0 Å². The van der Waals surface area contributed by atoms with Gasteiger partial charge in [0, 0.05) is 34.9 Å². The molecule has 1 aromatic rings. The summed E-state index contributed by atoms with van der Waals surface area (Å²) in [6, 6.07) is 7.48. The molecule has 1 rings (SSSR count). The van der Waals surface area contributed by atoms with E-state index >= 15 is 0 Å². The average molecular weight is 485 g/mol. The molecule has 0 saturated heterocycles. The molecule has 0 aliphatic heterocycles. The third-order valence-electron chi connectivity index (χ3n) is 4.96. The van der Waals surface area contributed by atoms with Crippen LogP contribution in [0.3, 0.4) is 0 Å². The molecule has 1 unspecified atom stereocenters. The standard InChI is InChI=1S/C28H41ClN4O/c1-7-14-24(22(5)30)15-11-9-8-10-12-18-33(28(34)23(6)32-20(2)3)27(21(4)29)25-16-13-17-26(31)19-25/h8,10-11,13-17,19-20,22,32H,6-7,9,12,18,30-31H2,1-5H3/b10-8+,15-11-,24-14+,27-21+. The average Bonchev–Trinajstić information content (AvgIpc) is 2.75. The minimum atomic E-state index is -0.217. The molecular weight excluding hydrogens is 444 g/mol. The van der Waals surface area contributed by atoms with Crippen molar-refractivity contribution in [1.82, 2.24) is 10.2 Å². The number of hydrogen-bond acceptors (Lipinski definition) is 4. The van der Waals surface area contributed by atoms with Gasteiger partial charge in [0.2, 0.25) is 0 Å². The summed E-state index contributed by atoms with van der Waals surface area (Å²) >= 11 is 6.49. The van der Waals surface area contributed by atoms with Crippen LogP contribution < -0.4 is 16.8 Å². The molecule has 34 heavy (non-hydrogen) atoms. The van der Waals surface area contributed by atoms with E-state index in [1.54, 1.807) is 17.9 Å². The van der Waals surface area contributed by atoms with Crippen molar-refractivity contribution < 1.29 is 4.79 Å². The lowest BCUT2D eigenvalue weighted by Crippen LogP contribution is -2.37. The quantitative estimate of drug-likeness (QED) is 0.136. The highest BCUT2D eigenvalue weighted by Crippen LogP contribution is 2.28. The first-order valence-electron chi connectivity index (χ1n) is 11.8. The van der Waals surface area contributed by atoms with Crippen molar-refractivity contribution in [3.8, 4) is 0 Å². The van der Waals surface area contributed by atoms with Crippen LogP contribution in [-0.4, -0.2) is 29.4 Å². The Labute approximate surface area is 210 Å². The van der Waals surface area contributed by atoms with E-state index in [0.29, 0.717) is 35.1 Å². The minimum Gasteiger partial charge on any atom is -0.399 e. The van der Waals surface area contributed by atoms with E-state index in [1.807, 2.05) is 39.0 Å². The summed E-state index contributed by atoms with van der Waals surface area (Å²) in [7, 11) is 0. The first-order valence-corrected chi connectivity index (χ1v) is 12.2. The Morgan fingerprint density at radius 2 is 1.94 bits per heavy atom. The third kappa shape index (κ3) is 10.0. The Morgan fingerprint density at radius 3 is 2.50 bits per heavy atom. The van der Waals surface area contributed by atoms with E-state index in [2.05, 4.69) is 49.2 Å². The zero-order valence-electron chi connectivity index (χ0n) is 21.3. The zero-order chi connectivity index (χ0) is 25.7. The number of allylic oxidation sites excluding steroid dienone is 4. The third-order valence-corrected chi connectivity index (χ3v) is 5.14. The molecule has 0 radical (unpaired) electrons. The number of hydrogen-bond donors (Lipinski definition) is 3. The Hall–Kier alpha value is -2.76. The topological polar surface area (TPSA) is 84.4 Å². The van der Waals surface area contributed by atoms with Gasteiger partial charge in [0.15, 0.2) is 0 Å². The van der Waals surface area contributed by atoms with E-state index in [0.717, 1.165) is 24.0 Å². The number of halogens is 1. The summed E-state index contributed by atoms with van der Waals surface area (Å²) in [5.74, 6) is -0.217. The van der Waals surface area contributed by atoms with E-state index in [4.69, 9.17) is 23.1 Å². The van der Waals surface area contributed by atoms with Crippen LogP contribution in [0.15, 0.2) is 77.5 Å². The molecule has 6 heteroatoms. The van der Waals surface area contributed by atoms with Crippen LogP contribution in [0.25, 0.3) is 5.70 Å². The van der Waals surface area contributed by atoms with E-state index in [9.17, 15) is 4.79 Å². The second kappa shape index (κ2) is 15.2. The lowest BCUT2D eigenvalue weighted by Gasteiger charge is -2.28. The molecule has 0 fully saturated rings. The number of carbonyl (C=O) groups excluding carboxylic acids is 1. The van der Waals surface area contributed by atoms with Crippen LogP contribution in [0, 0.1) is 0 Å². The van der Waals surface area contributed by atoms with Crippen molar-refractivity contribution in [2.75, 3.05) is 12.3 Å². The smallest absolute Gasteiger partial charge is 0.273 e. The van der Waals surface area contributed by atoms with Gasteiger partial charge in [0.1, 0.15) is 0 Å². The fourth-order valence-electron chi connectivity index (χ4n) is 3.46. The SMILES string of the molecule is C=C(NC(C)C)C(=O)N(CC/C=C/C/C=C\C(=C/CC)C(C)N)/C(=C(\C)Cl)c1cccc(N)c1. The van der Waals surface area contributed by atoms with Gasteiger partial charge in [-0.1, -0.05) is 67.6 Å². The number of nitrogen functional groups attached to an aromatic ring is 1. The first kappa shape index (κ1) is 29.3. The predicted molar refractivity (Wildman–Crippen MR) is 148 cm³/mol. The van der Waals surface area contributed by atoms with Crippen LogP contribution in [0.4, 0.5) is 5.69 Å². The summed E-state index contributed by atoms with van der Waals surface area (Å²) < 4.78 is 0. The second-order valence-corrected chi connectivity index (χ2v) is 9.11. The first-order chi connectivity index (χ1) is 16.1. The van der Waals surface area contributed by atoms with E-state index in [-0.39, 0.29) is 18.0 Å². The van der Waals surface area contributed by atoms with Crippen molar-refractivity contribution in [1.29, 1.82) is 0 Å². The fourth-order valence-corrected chi connectivity index (χ4v) is 3.67. The molecule has 0 bridgehead atoms. The van der Waals surface area contributed by atoms with Crippen molar-refractivity contribution in [3.63, 3.8) is 0 Å². The maximum absolute atomic E-state index is 13.3. The van der Waals surface area contributed by atoms with Gasteiger partial charge in [-0.3, -0.25) is 4.79 Å². The molecule has 5 nitrogen and oxygen atoms in total. The van der Waals surface area contributed by atoms with Gasteiger partial charge in [0.25, 0.3) is 5.91 Å². The van der Waals surface area contributed by atoms with Gasteiger partial charge in [0.05, 0.1) is 11.4 Å². The van der Waals surface area contributed by atoms with Crippen LogP contribution in [0.1, 0.15) is 59.4 Å². The molecule has 0 aliphatic rings. The van der Waals surface area contributed by atoms with Gasteiger partial charge in [-0.25, -0.2) is 0 Å². The van der Waals surface area contributed by atoms with Crippen LogP contribution in [-0.2, 0) is 4.79 Å². The maximum atomic E-state index is 13.3. The maximum Gasteiger partial charge on any atom is 0.273 e. The Balaban J connectivity index is 3.03. The summed E-state index contributed by atoms with van der Waals surface area (Å²) in [6.07, 6.45) is 12.9. The monoisotopic (exact) mass is 484 g/mol. The fraction of sp³-hybridized carbons (Fsp3) is 0.393. The van der Waals surface area contributed by atoms with Crippen molar-refractivity contribution in [2.45, 2.75) is 66.0 Å². The number of nitrogens with two attached hydrogens (primary N) is 2. The lowest BCUT2D eigenvalue weighted by molar-refractivity contribution is -0.124. The summed E-state index contributed by atoms with van der Waals surface area (Å²) in [6.45, 7) is 14.2. The Kier molecular flexibility index (Phi) is 13.1. The summed E-state index contributed by atoms with van der Waals surface area (Å²) in [5.41, 5.74) is 15.5. The molecule has 1 atom stereocenters. The molecule has 186 valence electrons. The lowest BCUT2D eigenvalue weighted by atomic mass is 10.1. The predicted octanol–water partition coefficient (Wildman–Crippen LogP) is 6.11. The number of carbonyl (C=O) groups is 1. The molecule has 0 heterocycles. The highest BCUT2D eigenvalue weighted by Gasteiger charge is 2.23. The molecule has 0 aliphatic carbocycles. The van der Waals surface area contributed by atoms with Crippen molar-refractivity contribution in [2.24, 2.45) is 5.73 Å². The largest absolute Gasteiger partial charge is 0.399 e. The van der Waals surface area contributed by atoms with Crippen LogP contribution >= 0.6 is 11.6 Å². The number of benzene rings is 1. The van der Waals surface area contributed by atoms with Crippen molar-refractivity contribution in [3.05, 3.63) is 83.1 Å². The molecule has 0 aromatic heterocycles. The second-order valence-electron chi connectivity index (χ2n) is 8.54. The van der Waals surface area contributed by atoms with E-state index in [1.165, 1.54) is 0 Å². The normalized spacial score (nSPS) is 13.9.